The van der Waals surface area contributed by atoms with Crippen molar-refractivity contribution in [1.82, 2.24) is 20.1 Å². The van der Waals surface area contributed by atoms with Crippen LogP contribution in [0, 0.1) is 0 Å². The SMILES string of the molecule is O=C1CCC(N2Cc3c(CN4CCN(c5cccc(C(F)(F)F)n5)CC4)cccc3C2=S)C(=O)N1. The molecule has 5 rings (SSSR count). The molecule has 35 heavy (non-hydrogen) atoms. The van der Waals surface area contributed by atoms with Gasteiger partial charge in [0.1, 0.15) is 22.5 Å². The fourth-order valence-corrected chi connectivity index (χ4v) is 5.31. The first-order valence-electron chi connectivity index (χ1n) is 11.5. The van der Waals surface area contributed by atoms with Gasteiger partial charge >= 0.3 is 6.18 Å². The smallest absolute Gasteiger partial charge is 0.354 e. The van der Waals surface area contributed by atoms with Crippen LogP contribution in [-0.4, -0.2) is 63.8 Å². The van der Waals surface area contributed by atoms with Gasteiger partial charge in [-0.3, -0.25) is 19.8 Å². The number of piperazine rings is 1. The average molecular weight is 504 g/mol. The van der Waals surface area contributed by atoms with Crippen molar-refractivity contribution < 1.29 is 22.8 Å². The molecule has 0 saturated carbocycles. The largest absolute Gasteiger partial charge is 0.433 e. The summed E-state index contributed by atoms with van der Waals surface area (Å²) in [6.07, 6.45) is -3.72. The number of nitrogens with zero attached hydrogens (tertiary/aromatic N) is 4. The van der Waals surface area contributed by atoms with Crippen molar-refractivity contribution >= 4 is 34.8 Å². The first-order chi connectivity index (χ1) is 16.7. The highest BCUT2D eigenvalue weighted by Gasteiger charge is 2.38. The number of thiocarbonyl (C=S) groups is 1. The lowest BCUT2D eigenvalue weighted by atomic mass is 10.0. The monoisotopic (exact) mass is 503 g/mol. The molecule has 3 aliphatic rings. The predicted molar refractivity (Wildman–Crippen MR) is 127 cm³/mol. The number of halogens is 3. The van der Waals surface area contributed by atoms with Gasteiger partial charge in [0.15, 0.2) is 0 Å². The van der Waals surface area contributed by atoms with Crippen molar-refractivity contribution in [2.45, 2.75) is 38.1 Å². The third-order valence-electron chi connectivity index (χ3n) is 6.79. The molecular weight excluding hydrogens is 479 g/mol. The fraction of sp³-hybridized carbons (Fsp3) is 0.417. The molecule has 2 saturated heterocycles. The second-order valence-electron chi connectivity index (χ2n) is 8.99. The number of imide groups is 1. The molecule has 0 aliphatic carbocycles. The van der Waals surface area contributed by atoms with Crippen LogP contribution in [0.3, 0.4) is 0 Å². The molecule has 2 amide bonds. The highest BCUT2D eigenvalue weighted by Crippen LogP contribution is 2.32. The number of hydrogen-bond acceptors (Lipinski definition) is 6. The number of amides is 2. The Bertz CT molecular complexity index is 1180. The molecule has 11 heteroatoms. The van der Waals surface area contributed by atoms with Crippen LogP contribution in [0.15, 0.2) is 36.4 Å². The summed E-state index contributed by atoms with van der Waals surface area (Å²) in [5.41, 5.74) is 2.26. The van der Waals surface area contributed by atoms with Crippen LogP contribution in [-0.2, 0) is 28.9 Å². The number of carbonyl (C=O) groups is 2. The van der Waals surface area contributed by atoms with Crippen molar-refractivity contribution in [2.24, 2.45) is 0 Å². The molecule has 1 atom stereocenters. The predicted octanol–water partition coefficient (Wildman–Crippen LogP) is 2.72. The Labute approximate surface area is 205 Å². The molecule has 1 unspecified atom stereocenters. The van der Waals surface area contributed by atoms with Crippen molar-refractivity contribution in [1.29, 1.82) is 0 Å². The Morgan fingerprint density at radius 1 is 1.06 bits per heavy atom. The van der Waals surface area contributed by atoms with E-state index >= 15 is 0 Å². The van der Waals surface area contributed by atoms with Crippen molar-refractivity contribution in [2.75, 3.05) is 31.1 Å². The summed E-state index contributed by atoms with van der Waals surface area (Å²) >= 11 is 5.68. The second kappa shape index (κ2) is 9.19. The number of alkyl halides is 3. The lowest BCUT2D eigenvalue weighted by Gasteiger charge is -2.36. The normalized spacial score (nSPS) is 21.3. The van der Waals surface area contributed by atoms with Gasteiger partial charge in [-0.05, 0) is 29.7 Å². The number of benzene rings is 1. The Morgan fingerprint density at radius 2 is 1.80 bits per heavy atom. The van der Waals surface area contributed by atoms with E-state index in [1.165, 1.54) is 6.07 Å². The summed E-state index contributed by atoms with van der Waals surface area (Å²) in [5, 5.41) is 2.40. The van der Waals surface area contributed by atoms with Crippen molar-refractivity contribution in [3.63, 3.8) is 0 Å². The fourth-order valence-electron chi connectivity index (χ4n) is 4.93. The molecule has 4 heterocycles. The maximum absolute atomic E-state index is 13.0. The van der Waals surface area contributed by atoms with Gasteiger partial charge < -0.3 is 9.80 Å². The maximum atomic E-state index is 13.0. The molecule has 1 aromatic carbocycles. The molecule has 2 fully saturated rings. The molecule has 0 spiro atoms. The van der Waals surface area contributed by atoms with E-state index in [4.69, 9.17) is 12.2 Å². The molecule has 0 bridgehead atoms. The lowest BCUT2D eigenvalue weighted by Crippen LogP contribution is -2.52. The van der Waals surface area contributed by atoms with E-state index in [1.54, 1.807) is 6.07 Å². The first-order valence-corrected chi connectivity index (χ1v) is 11.9. The number of fused-ring (bicyclic) bond motifs is 1. The lowest BCUT2D eigenvalue weighted by molar-refractivity contribution is -0.141. The van der Waals surface area contributed by atoms with Gasteiger partial charge in [-0.1, -0.05) is 36.5 Å². The summed E-state index contributed by atoms with van der Waals surface area (Å²) in [7, 11) is 0. The van der Waals surface area contributed by atoms with Gasteiger partial charge in [0.2, 0.25) is 11.8 Å². The number of aromatic nitrogens is 1. The van der Waals surface area contributed by atoms with Crippen LogP contribution in [0.1, 0.15) is 35.2 Å². The zero-order valence-electron chi connectivity index (χ0n) is 18.8. The Kier molecular flexibility index (Phi) is 6.22. The molecule has 184 valence electrons. The number of carbonyl (C=O) groups excluding carboxylic acids is 2. The average Bonchev–Trinajstić information content (AvgIpc) is 3.16. The zero-order chi connectivity index (χ0) is 24.7. The van der Waals surface area contributed by atoms with Gasteiger partial charge in [-0.15, -0.1) is 0 Å². The van der Waals surface area contributed by atoms with E-state index in [-0.39, 0.29) is 11.8 Å². The number of anilines is 1. The van der Waals surface area contributed by atoms with E-state index in [2.05, 4.69) is 21.3 Å². The molecular formula is C24H24F3N5O2S. The number of rotatable bonds is 4. The minimum atomic E-state index is -4.46. The molecule has 3 aliphatic heterocycles. The Hall–Kier alpha value is -3.05. The maximum Gasteiger partial charge on any atom is 0.433 e. The van der Waals surface area contributed by atoms with E-state index in [9.17, 15) is 22.8 Å². The Balaban J connectivity index is 1.25. The number of pyridine rings is 1. The third kappa shape index (κ3) is 4.74. The highest BCUT2D eigenvalue weighted by molar-refractivity contribution is 7.80. The first kappa shape index (κ1) is 23.7. The summed E-state index contributed by atoms with van der Waals surface area (Å²) in [6, 6.07) is 9.50. The molecule has 2 aromatic rings. The van der Waals surface area contributed by atoms with E-state index < -0.39 is 17.9 Å². The van der Waals surface area contributed by atoms with Crippen LogP contribution in [0.5, 0.6) is 0 Å². The topological polar surface area (TPSA) is 68.8 Å². The van der Waals surface area contributed by atoms with Crippen molar-refractivity contribution in [3.8, 4) is 0 Å². The van der Waals surface area contributed by atoms with Gasteiger partial charge in [-0.2, -0.15) is 13.2 Å². The van der Waals surface area contributed by atoms with Gasteiger partial charge in [0.25, 0.3) is 0 Å². The summed E-state index contributed by atoms with van der Waals surface area (Å²) < 4.78 is 39.1. The van der Waals surface area contributed by atoms with E-state index in [0.717, 1.165) is 22.8 Å². The van der Waals surface area contributed by atoms with Crippen LogP contribution in [0.25, 0.3) is 0 Å². The molecule has 1 aromatic heterocycles. The van der Waals surface area contributed by atoms with E-state index in [0.29, 0.717) is 62.9 Å². The summed E-state index contributed by atoms with van der Waals surface area (Å²) in [6.45, 7) is 3.71. The summed E-state index contributed by atoms with van der Waals surface area (Å²) in [5.74, 6) is -0.225. The van der Waals surface area contributed by atoms with E-state index in [1.807, 2.05) is 21.9 Å². The standard InChI is InChI=1S/C24H24F3N5O2S/c25-24(26,27)19-5-2-6-20(28-19)31-11-9-30(10-12-31)13-15-3-1-4-16-17(15)14-32(23(16)35)18-7-8-21(33)29-22(18)34/h1-6,18H,7-14H2,(H,29,33,34). The number of hydrogen-bond donors (Lipinski definition) is 1. The van der Waals surface area contributed by atoms with Crippen LogP contribution >= 0.6 is 12.2 Å². The highest BCUT2D eigenvalue weighted by atomic mass is 32.1. The molecule has 7 nitrogen and oxygen atoms in total. The Morgan fingerprint density at radius 3 is 2.51 bits per heavy atom. The quantitative estimate of drug-likeness (QED) is 0.508. The molecule has 1 N–H and O–H groups in total. The molecule has 0 radical (unpaired) electrons. The zero-order valence-corrected chi connectivity index (χ0v) is 19.7. The third-order valence-corrected chi connectivity index (χ3v) is 7.25. The number of piperidine rings is 1. The summed E-state index contributed by atoms with van der Waals surface area (Å²) in [4.78, 5) is 34.4. The second-order valence-corrected chi connectivity index (χ2v) is 9.37. The minimum absolute atomic E-state index is 0.256. The van der Waals surface area contributed by atoms with Gasteiger partial charge in [-0.25, -0.2) is 4.98 Å². The van der Waals surface area contributed by atoms with Crippen LogP contribution < -0.4 is 10.2 Å². The van der Waals surface area contributed by atoms with Gasteiger partial charge in [0, 0.05) is 51.3 Å². The number of nitrogens with one attached hydrogen (secondary N) is 1. The minimum Gasteiger partial charge on any atom is -0.354 e. The van der Waals surface area contributed by atoms with Crippen LogP contribution in [0.2, 0.25) is 0 Å². The van der Waals surface area contributed by atoms with Crippen LogP contribution in [0.4, 0.5) is 19.0 Å². The van der Waals surface area contributed by atoms with Gasteiger partial charge in [0.05, 0.1) is 0 Å². The van der Waals surface area contributed by atoms with Crippen molar-refractivity contribution in [3.05, 3.63) is 58.8 Å².